The molecule has 4 heteroatoms. The van der Waals surface area contributed by atoms with Gasteiger partial charge in [-0.2, -0.15) is 0 Å². The number of halogens is 1. The zero-order chi connectivity index (χ0) is 13.0. The number of aryl methyl sites for hydroxylation is 1. The number of nitrogens with one attached hydrogen (secondary N) is 1. The van der Waals surface area contributed by atoms with Gasteiger partial charge in [0.15, 0.2) is 0 Å². The molecule has 1 amide bonds. The standard InChI is InChI=1S/C14H14ClNO2/c1-10-13(5-6-18-10)14(17)16-9-12-4-2-3-11(7-12)8-15/h2-7H,8-9H2,1H3,(H,16,17). The molecular formula is C14H14ClNO2. The summed E-state index contributed by atoms with van der Waals surface area (Å²) in [5.41, 5.74) is 2.65. The first-order valence-electron chi connectivity index (χ1n) is 5.67. The van der Waals surface area contributed by atoms with Gasteiger partial charge in [-0.3, -0.25) is 4.79 Å². The number of benzene rings is 1. The van der Waals surface area contributed by atoms with E-state index in [-0.39, 0.29) is 5.91 Å². The number of rotatable bonds is 4. The number of furan rings is 1. The first-order valence-corrected chi connectivity index (χ1v) is 6.20. The van der Waals surface area contributed by atoms with Gasteiger partial charge in [0.2, 0.25) is 0 Å². The van der Waals surface area contributed by atoms with Crippen LogP contribution in [0.1, 0.15) is 27.2 Å². The lowest BCUT2D eigenvalue weighted by molar-refractivity contribution is 0.0949. The zero-order valence-corrected chi connectivity index (χ0v) is 10.8. The van der Waals surface area contributed by atoms with Crippen LogP contribution in [0.2, 0.25) is 0 Å². The highest BCUT2D eigenvalue weighted by molar-refractivity contribution is 6.17. The number of hydrogen-bond donors (Lipinski definition) is 1. The Morgan fingerprint density at radius 2 is 2.11 bits per heavy atom. The number of carbonyl (C=O) groups is 1. The smallest absolute Gasteiger partial charge is 0.255 e. The Kier molecular flexibility index (Phi) is 4.05. The van der Waals surface area contributed by atoms with Crippen molar-refractivity contribution in [1.82, 2.24) is 5.32 Å². The minimum atomic E-state index is -0.127. The largest absolute Gasteiger partial charge is 0.469 e. The summed E-state index contributed by atoms with van der Waals surface area (Å²) in [6, 6.07) is 9.49. The topological polar surface area (TPSA) is 42.2 Å². The Morgan fingerprint density at radius 1 is 1.33 bits per heavy atom. The minimum absolute atomic E-state index is 0.127. The summed E-state index contributed by atoms with van der Waals surface area (Å²) in [5.74, 6) is 0.974. The lowest BCUT2D eigenvalue weighted by Crippen LogP contribution is -2.22. The van der Waals surface area contributed by atoms with Gasteiger partial charge in [-0.05, 0) is 24.1 Å². The summed E-state index contributed by atoms with van der Waals surface area (Å²) in [6.07, 6.45) is 1.51. The fraction of sp³-hybridized carbons (Fsp3) is 0.214. The van der Waals surface area contributed by atoms with Crippen LogP contribution in [-0.2, 0) is 12.4 Å². The molecule has 94 valence electrons. The van der Waals surface area contributed by atoms with E-state index in [0.717, 1.165) is 11.1 Å². The molecule has 0 atom stereocenters. The molecule has 0 spiro atoms. The van der Waals surface area contributed by atoms with Crippen LogP contribution in [0.25, 0.3) is 0 Å². The molecule has 0 aliphatic carbocycles. The molecule has 2 aromatic rings. The molecule has 1 heterocycles. The van der Waals surface area contributed by atoms with Crippen molar-refractivity contribution < 1.29 is 9.21 Å². The number of alkyl halides is 1. The van der Waals surface area contributed by atoms with Crippen LogP contribution in [0, 0.1) is 6.92 Å². The second-order valence-corrected chi connectivity index (χ2v) is 4.29. The summed E-state index contributed by atoms with van der Waals surface area (Å²) in [6.45, 7) is 2.25. The van der Waals surface area contributed by atoms with E-state index in [1.54, 1.807) is 13.0 Å². The normalized spacial score (nSPS) is 10.3. The van der Waals surface area contributed by atoms with Crippen LogP contribution in [-0.4, -0.2) is 5.91 Å². The molecule has 1 aromatic carbocycles. The van der Waals surface area contributed by atoms with E-state index in [1.165, 1.54) is 6.26 Å². The van der Waals surface area contributed by atoms with Crippen LogP contribution in [0.4, 0.5) is 0 Å². The number of hydrogen-bond acceptors (Lipinski definition) is 2. The van der Waals surface area contributed by atoms with Crippen molar-refractivity contribution in [2.24, 2.45) is 0 Å². The first-order chi connectivity index (χ1) is 8.70. The van der Waals surface area contributed by atoms with Gasteiger partial charge in [-0.1, -0.05) is 24.3 Å². The van der Waals surface area contributed by atoms with Crippen LogP contribution in [0.15, 0.2) is 41.0 Å². The van der Waals surface area contributed by atoms with Crippen LogP contribution in [0.3, 0.4) is 0 Å². The quantitative estimate of drug-likeness (QED) is 0.861. The maximum Gasteiger partial charge on any atom is 0.255 e. The molecule has 1 aromatic heterocycles. The van der Waals surface area contributed by atoms with Gasteiger partial charge < -0.3 is 9.73 Å². The summed E-state index contributed by atoms with van der Waals surface area (Å²) in [7, 11) is 0. The van der Waals surface area contributed by atoms with E-state index in [9.17, 15) is 4.79 Å². The molecule has 0 saturated heterocycles. The zero-order valence-electron chi connectivity index (χ0n) is 10.1. The summed E-state index contributed by atoms with van der Waals surface area (Å²) in [5, 5.41) is 2.85. The second kappa shape index (κ2) is 5.74. The van der Waals surface area contributed by atoms with Crippen molar-refractivity contribution in [1.29, 1.82) is 0 Å². The van der Waals surface area contributed by atoms with E-state index in [0.29, 0.717) is 23.7 Å². The maximum absolute atomic E-state index is 11.9. The van der Waals surface area contributed by atoms with E-state index in [2.05, 4.69) is 5.32 Å². The highest BCUT2D eigenvalue weighted by atomic mass is 35.5. The Balaban J connectivity index is 1.99. The Labute approximate surface area is 111 Å². The van der Waals surface area contributed by atoms with Gasteiger partial charge >= 0.3 is 0 Å². The van der Waals surface area contributed by atoms with E-state index in [4.69, 9.17) is 16.0 Å². The van der Waals surface area contributed by atoms with Gasteiger partial charge in [-0.15, -0.1) is 11.6 Å². The van der Waals surface area contributed by atoms with Gasteiger partial charge in [-0.25, -0.2) is 0 Å². The molecule has 0 radical (unpaired) electrons. The molecule has 3 nitrogen and oxygen atoms in total. The fourth-order valence-electron chi connectivity index (χ4n) is 1.72. The van der Waals surface area contributed by atoms with Crippen LogP contribution >= 0.6 is 11.6 Å². The SMILES string of the molecule is Cc1occc1C(=O)NCc1cccc(CCl)c1. The van der Waals surface area contributed by atoms with Crippen molar-refractivity contribution >= 4 is 17.5 Å². The molecule has 0 saturated carbocycles. The van der Waals surface area contributed by atoms with Gasteiger partial charge in [0.1, 0.15) is 5.76 Å². The third-order valence-corrected chi connectivity index (χ3v) is 3.01. The molecule has 1 N–H and O–H groups in total. The van der Waals surface area contributed by atoms with Crippen molar-refractivity contribution in [2.75, 3.05) is 0 Å². The molecule has 18 heavy (non-hydrogen) atoms. The van der Waals surface area contributed by atoms with Gasteiger partial charge in [0, 0.05) is 12.4 Å². The van der Waals surface area contributed by atoms with Crippen molar-refractivity contribution in [3.05, 3.63) is 59.0 Å². The van der Waals surface area contributed by atoms with E-state index >= 15 is 0 Å². The van der Waals surface area contributed by atoms with E-state index < -0.39 is 0 Å². The highest BCUT2D eigenvalue weighted by Gasteiger charge is 2.10. The summed E-state index contributed by atoms with van der Waals surface area (Å²) < 4.78 is 5.10. The van der Waals surface area contributed by atoms with Crippen molar-refractivity contribution in [3.63, 3.8) is 0 Å². The fourth-order valence-corrected chi connectivity index (χ4v) is 1.89. The van der Waals surface area contributed by atoms with E-state index in [1.807, 2.05) is 24.3 Å². The molecule has 0 aliphatic heterocycles. The molecule has 0 fully saturated rings. The highest BCUT2D eigenvalue weighted by Crippen LogP contribution is 2.10. The Morgan fingerprint density at radius 3 is 2.78 bits per heavy atom. The monoisotopic (exact) mass is 263 g/mol. The third-order valence-electron chi connectivity index (χ3n) is 2.70. The van der Waals surface area contributed by atoms with Crippen LogP contribution in [0.5, 0.6) is 0 Å². The molecular weight excluding hydrogens is 250 g/mol. The Hall–Kier alpha value is -1.74. The third kappa shape index (κ3) is 2.93. The first kappa shape index (κ1) is 12.7. The van der Waals surface area contributed by atoms with Crippen LogP contribution < -0.4 is 5.32 Å². The minimum Gasteiger partial charge on any atom is -0.469 e. The Bertz CT molecular complexity index is 548. The lowest BCUT2D eigenvalue weighted by Gasteiger charge is -2.05. The lowest BCUT2D eigenvalue weighted by atomic mass is 10.1. The predicted molar refractivity (Wildman–Crippen MR) is 70.6 cm³/mol. The maximum atomic E-state index is 11.9. The second-order valence-electron chi connectivity index (χ2n) is 4.03. The summed E-state index contributed by atoms with van der Waals surface area (Å²) >= 11 is 5.76. The number of amides is 1. The van der Waals surface area contributed by atoms with Gasteiger partial charge in [0.25, 0.3) is 5.91 Å². The predicted octanol–water partition coefficient (Wildman–Crippen LogP) is 3.26. The number of carbonyl (C=O) groups excluding carboxylic acids is 1. The average Bonchev–Trinajstić information content (AvgIpc) is 2.82. The van der Waals surface area contributed by atoms with Gasteiger partial charge in [0.05, 0.1) is 11.8 Å². The molecule has 0 aliphatic rings. The van der Waals surface area contributed by atoms with Crippen molar-refractivity contribution in [2.45, 2.75) is 19.3 Å². The molecule has 0 unspecified atom stereocenters. The molecule has 0 bridgehead atoms. The average molecular weight is 264 g/mol. The summed E-state index contributed by atoms with van der Waals surface area (Å²) in [4.78, 5) is 11.9. The van der Waals surface area contributed by atoms with Crippen molar-refractivity contribution in [3.8, 4) is 0 Å². The molecule has 2 rings (SSSR count).